The molecule has 0 bridgehead atoms. The van der Waals surface area contributed by atoms with Crippen molar-refractivity contribution in [1.82, 2.24) is 15.1 Å². The zero-order valence-electron chi connectivity index (χ0n) is 16.8. The van der Waals surface area contributed by atoms with Crippen molar-refractivity contribution in [3.05, 3.63) is 24.2 Å². The Labute approximate surface area is 167 Å². The Morgan fingerprint density at radius 3 is 2.54 bits per heavy atom. The van der Waals surface area contributed by atoms with Gasteiger partial charge in [-0.1, -0.05) is 19.3 Å². The summed E-state index contributed by atoms with van der Waals surface area (Å²) in [5.74, 6) is 1.24. The number of carbonyl (C=O) groups is 2. The molecule has 0 aromatic carbocycles. The lowest BCUT2D eigenvalue weighted by molar-refractivity contribution is -0.142. The first-order chi connectivity index (χ1) is 13.7. The highest BCUT2D eigenvalue weighted by atomic mass is 16.3. The van der Waals surface area contributed by atoms with Crippen molar-refractivity contribution in [3.8, 4) is 0 Å². The summed E-state index contributed by atoms with van der Waals surface area (Å²) in [6, 6.07) is 3.67. The number of carbonyl (C=O) groups excluding carboxylic acids is 2. The van der Waals surface area contributed by atoms with Crippen molar-refractivity contribution < 1.29 is 14.0 Å². The zero-order valence-corrected chi connectivity index (χ0v) is 16.8. The minimum Gasteiger partial charge on any atom is -0.468 e. The Hall–Kier alpha value is -1.82. The normalized spacial score (nSPS) is 25.1. The number of rotatable bonds is 6. The van der Waals surface area contributed by atoms with Gasteiger partial charge in [-0.15, -0.1) is 0 Å². The van der Waals surface area contributed by atoms with Gasteiger partial charge in [0.05, 0.1) is 12.3 Å². The van der Waals surface area contributed by atoms with E-state index >= 15 is 0 Å². The molecule has 4 rings (SSSR count). The van der Waals surface area contributed by atoms with E-state index in [1.54, 1.807) is 6.26 Å². The monoisotopic (exact) mass is 387 g/mol. The number of nitrogens with one attached hydrogen (secondary N) is 1. The lowest BCUT2D eigenvalue weighted by Gasteiger charge is -2.31. The van der Waals surface area contributed by atoms with Crippen molar-refractivity contribution >= 4 is 11.8 Å². The molecular formula is C22H33N3O3. The molecule has 2 atom stereocenters. The van der Waals surface area contributed by atoms with E-state index in [4.69, 9.17) is 4.42 Å². The maximum absolute atomic E-state index is 13.0. The molecule has 1 saturated carbocycles. The fourth-order valence-electron chi connectivity index (χ4n) is 5.15. The minimum atomic E-state index is -0.301. The summed E-state index contributed by atoms with van der Waals surface area (Å²) in [6.07, 6.45) is 11.3. The van der Waals surface area contributed by atoms with Gasteiger partial charge in [-0.25, -0.2) is 0 Å². The molecule has 3 fully saturated rings. The van der Waals surface area contributed by atoms with Gasteiger partial charge >= 0.3 is 0 Å². The van der Waals surface area contributed by atoms with E-state index in [2.05, 4.69) is 10.2 Å². The number of likely N-dealkylation sites (tertiary alicyclic amines) is 2. The second-order valence-electron chi connectivity index (χ2n) is 8.54. The number of furan rings is 1. The molecule has 0 radical (unpaired) electrons. The molecular weight excluding hydrogens is 354 g/mol. The Morgan fingerprint density at radius 1 is 1.04 bits per heavy atom. The molecule has 3 aliphatic rings. The number of amides is 2. The van der Waals surface area contributed by atoms with Crippen LogP contribution in [0.3, 0.4) is 0 Å². The Kier molecular flexibility index (Phi) is 6.35. The van der Waals surface area contributed by atoms with E-state index in [0.29, 0.717) is 6.54 Å². The third-order valence-electron chi connectivity index (χ3n) is 6.72. The summed E-state index contributed by atoms with van der Waals surface area (Å²) < 4.78 is 5.65. The van der Waals surface area contributed by atoms with Gasteiger partial charge in [0.25, 0.3) is 0 Å². The third kappa shape index (κ3) is 4.27. The SMILES string of the molecule is O=C(NC[C@H](c1ccco1)N1CCCC1)[C@@H]1CCCN1C(=O)C1CCCCC1. The molecule has 1 aromatic rings. The summed E-state index contributed by atoms with van der Waals surface area (Å²) in [7, 11) is 0. The van der Waals surface area contributed by atoms with Crippen molar-refractivity contribution in [2.75, 3.05) is 26.2 Å². The highest BCUT2D eigenvalue weighted by Crippen LogP contribution is 2.29. The molecule has 6 heteroatoms. The summed E-state index contributed by atoms with van der Waals surface area (Å²) in [6.45, 7) is 3.34. The molecule has 2 saturated heterocycles. The first-order valence-electron chi connectivity index (χ1n) is 11.1. The second-order valence-corrected chi connectivity index (χ2v) is 8.54. The van der Waals surface area contributed by atoms with E-state index < -0.39 is 0 Å². The van der Waals surface area contributed by atoms with Crippen LogP contribution in [0.1, 0.15) is 69.6 Å². The maximum atomic E-state index is 13.0. The van der Waals surface area contributed by atoms with Crippen molar-refractivity contribution in [2.45, 2.75) is 69.9 Å². The van der Waals surface area contributed by atoms with E-state index in [0.717, 1.165) is 63.9 Å². The van der Waals surface area contributed by atoms with Crippen LogP contribution in [-0.4, -0.2) is 53.8 Å². The fraction of sp³-hybridized carbons (Fsp3) is 0.727. The quantitative estimate of drug-likeness (QED) is 0.815. The van der Waals surface area contributed by atoms with Crippen LogP contribution in [0.25, 0.3) is 0 Å². The largest absolute Gasteiger partial charge is 0.468 e. The van der Waals surface area contributed by atoms with E-state index in [1.807, 2.05) is 17.0 Å². The van der Waals surface area contributed by atoms with Crippen LogP contribution in [0, 0.1) is 5.92 Å². The molecule has 154 valence electrons. The Morgan fingerprint density at radius 2 is 1.82 bits per heavy atom. The van der Waals surface area contributed by atoms with Crippen molar-refractivity contribution in [2.24, 2.45) is 5.92 Å². The second kappa shape index (κ2) is 9.12. The van der Waals surface area contributed by atoms with Crippen molar-refractivity contribution in [1.29, 1.82) is 0 Å². The summed E-state index contributed by atoms with van der Waals surface area (Å²) in [4.78, 5) is 30.2. The highest BCUT2D eigenvalue weighted by molar-refractivity contribution is 5.89. The topological polar surface area (TPSA) is 65.8 Å². The smallest absolute Gasteiger partial charge is 0.242 e. The molecule has 0 spiro atoms. The zero-order chi connectivity index (χ0) is 19.3. The van der Waals surface area contributed by atoms with Crippen LogP contribution >= 0.6 is 0 Å². The van der Waals surface area contributed by atoms with Crippen LogP contribution in [0.4, 0.5) is 0 Å². The van der Waals surface area contributed by atoms with Gasteiger partial charge in [-0.3, -0.25) is 14.5 Å². The van der Waals surface area contributed by atoms with Gasteiger partial charge < -0.3 is 14.6 Å². The summed E-state index contributed by atoms with van der Waals surface area (Å²) in [5, 5.41) is 3.14. The van der Waals surface area contributed by atoms with Crippen molar-refractivity contribution in [3.63, 3.8) is 0 Å². The fourth-order valence-corrected chi connectivity index (χ4v) is 5.15. The molecule has 6 nitrogen and oxygen atoms in total. The van der Waals surface area contributed by atoms with Crippen LogP contribution in [0.2, 0.25) is 0 Å². The average molecular weight is 388 g/mol. The lowest BCUT2D eigenvalue weighted by Crippen LogP contribution is -2.49. The first kappa shape index (κ1) is 19.5. The summed E-state index contributed by atoms with van der Waals surface area (Å²) >= 11 is 0. The van der Waals surface area contributed by atoms with Gasteiger partial charge in [0.1, 0.15) is 11.8 Å². The molecule has 3 heterocycles. The first-order valence-corrected chi connectivity index (χ1v) is 11.1. The van der Waals surface area contributed by atoms with Gasteiger partial charge in [0, 0.05) is 19.0 Å². The number of nitrogens with zero attached hydrogens (tertiary/aromatic N) is 2. The van der Waals surface area contributed by atoms with Gasteiger partial charge in [-0.05, 0) is 63.7 Å². The maximum Gasteiger partial charge on any atom is 0.242 e. The van der Waals surface area contributed by atoms with E-state index in [-0.39, 0.29) is 29.8 Å². The molecule has 28 heavy (non-hydrogen) atoms. The number of hydrogen-bond acceptors (Lipinski definition) is 4. The predicted octanol–water partition coefficient (Wildman–Crippen LogP) is 3.10. The Bertz CT molecular complexity index is 648. The Balaban J connectivity index is 1.37. The minimum absolute atomic E-state index is 0.00240. The van der Waals surface area contributed by atoms with Crippen LogP contribution in [0.5, 0.6) is 0 Å². The molecule has 2 aliphatic heterocycles. The number of hydrogen-bond donors (Lipinski definition) is 1. The molecule has 1 N–H and O–H groups in total. The average Bonchev–Trinajstić information content (AvgIpc) is 3.50. The third-order valence-corrected chi connectivity index (χ3v) is 6.72. The molecule has 1 aliphatic carbocycles. The molecule has 1 aromatic heterocycles. The van der Waals surface area contributed by atoms with Crippen LogP contribution < -0.4 is 5.32 Å². The molecule has 0 unspecified atom stereocenters. The lowest BCUT2D eigenvalue weighted by atomic mass is 9.88. The van der Waals surface area contributed by atoms with Gasteiger partial charge in [-0.2, -0.15) is 0 Å². The predicted molar refractivity (Wildman–Crippen MR) is 107 cm³/mol. The molecule has 2 amide bonds. The van der Waals surface area contributed by atoms with E-state index in [1.165, 1.54) is 19.3 Å². The summed E-state index contributed by atoms with van der Waals surface area (Å²) in [5.41, 5.74) is 0. The highest BCUT2D eigenvalue weighted by Gasteiger charge is 2.37. The standard InChI is InChI=1S/C22H33N3O3/c26-21(18-10-6-14-25(18)22(27)17-8-2-1-3-9-17)23-16-19(20-11-7-15-28-20)24-12-4-5-13-24/h7,11,15,17-19H,1-6,8-10,12-14,16H2,(H,23,26)/t18-,19+/m0/s1. The van der Waals surface area contributed by atoms with Crippen LogP contribution in [-0.2, 0) is 9.59 Å². The van der Waals surface area contributed by atoms with Gasteiger partial charge in [0.15, 0.2) is 0 Å². The van der Waals surface area contributed by atoms with Crippen LogP contribution in [0.15, 0.2) is 22.8 Å². The van der Waals surface area contributed by atoms with Gasteiger partial charge in [0.2, 0.25) is 11.8 Å². The van der Waals surface area contributed by atoms with E-state index in [9.17, 15) is 9.59 Å².